The van der Waals surface area contributed by atoms with Gasteiger partial charge in [-0.3, -0.25) is 4.55 Å². The minimum absolute atomic E-state index is 0.0900. The maximum Gasteiger partial charge on any atom is 0.296 e. The van der Waals surface area contributed by atoms with E-state index in [1.807, 2.05) is 6.92 Å². The summed E-state index contributed by atoms with van der Waals surface area (Å²) < 4.78 is 32.9. The summed E-state index contributed by atoms with van der Waals surface area (Å²) in [6.07, 6.45) is 0. The number of rotatable bonds is 3. The van der Waals surface area contributed by atoms with Crippen molar-refractivity contribution in [1.29, 1.82) is 0 Å². The van der Waals surface area contributed by atoms with E-state index < -0.39 is 26.5 Å². The summed E-state index contributed by atoms with van der Waals surface area (Å²) in [4.78, 5) is -0.567. The summed E-state index contributed by atoms with van der Waals surface area (Å²) >= 11 is 0. The summed E-state index contributed by atoms with van der Waals surface area (Å²) in [6.45, 7) is 1.81. The van der Waals surface area contributed by atoms with Crippen LogP contribution < -0.4 is 0 Å². The Hall–Kier alpha value is -2.97. The lowest BCUT2D eigenvalue weighted by molar-refractivity contribution is 0.471. The molecule has 0 spiro atoms. The third-order valence-electron chi connectivity index (χ3n) is 3.62. The number of fused-ring (bicyclic) bond motifs is 1. The molecule has 0 saturated heterocycles. The fraction of sp³-hybridized carbons (Fsp3) is 0.0588. The first kappa shape index (κ1) is 16.9. The third-order valence-corrected chi connectivity index (χ3v) is 4.49. The Balaban J connectivity index is 2.27. The number of nitrogens with zero attached hydrogens (tertiary/aromatic N) is 2. The molecule has 25 heavy (non-hydrogen) atoms. The van der Waals surface area contributed by atoms with E-state index in [0.29, 0.717) is 10.8 Å². The van der Waals surface area contributed by atoms with Crippen LogP contribution in [0.5, 0.6) is 11.5 Å². The Morgan fingerprint density at radius 1 is 0.960 bits per heavy atom. The lowest BCUT2D eigenvalue weighted by Gasteiger charge is -2.09. The van der Waals surface area contributed by atoms with Gasteiger partial charge in [-0.25, -0.2) is 0 Å². The van der Waals surface area contributed by atoms with Gasteiger partial charge in [0.05, 0.1) is 0 Å². The lowest BCUT2D eigenvalue weighted by atomic mass is 10.1. The average Bonchev–Trinajstić information content (AvgIpc) is 2.54. The van der Waals surface area contributed by atoms with E-state index in [0.717, 1.165) is 5.56 Å². The van der Waals surface area contributed by atoms with Gasteiger partial charge in [-0.2, -0.15) is 8.42 Å². The predicted molar refractivity (Wildman–Crippen MR) is 92.4 cm³/mol. The Kier molecular flexibility index (Phi) is 4.15. The van der Waals surface area contributed by atoms with Crippen molar-refractivity contribution in [2.24, 2.45) is 10.2 Å². The van der Waals surface area contributed by atoms with Gasteiger partial charge in [-0.05, 0) is 30.5 Å². The van der Waals surface area contributed by atoms with Crippen LogP contribution in [0.25, 0.3) is 10.8 Å². The molecule has 3 aromatic rings. The molecule has 128 valence electrons. The van der Waals surface area contributed by atoms with Gasteiger partial charge in [0, 0.05) is 5.39 Å². The van der Waals surface area contributed by atoms with Gasteiger partial charge >= 0.3 is 0 Å². The second-order valence-corrected chi connectivity index (χ2v) is 6.85. The van der Waals surface area contributed by atoms with Crippen molar-refractivity contribution in [3.8, 4) is 11.5 Å². The number of hydrogen-bond donors (Lipinski definition) is 3. The smallest absolute Gasteiger partial charge is 0.296 e. The highest BCUT2D eigenvalue weighted by Gasteiger charge is 2.22. The summed E-state index contributed by atoms with van der Waals surface area (Å²) in [6, 6.07) is 12.3. The number of benzene rings is 3. The topological polar surface area (TPSA) is 120 Å². The molecule has 0 unspecified atom stereocenters. The molecule has 0 aromatic heterocycles. The van der Waals surface area contributed by atoms with Crippen molar-refractivity contribution >= 4 is 32.3 Å². The summed E-state index contributed by atoms with van der Waals surface area (Å²) in [5.41, 5.74) is 0.547. The fourth-order valence-corrected chi connectivity index (χ4v) is 3.07. The van der Waals surface area contributed by atoms with Crippen LogP contribution in [-0.4, -0.2) is 23.2 Å². The Morgan fingerprint density at radius 3 is 2.36 bits per heavy atom. The first-order valence-corrected chi connectivity index (χ1v) is 8.65. The monoisotopic (exact) mass is 358 g/mol. The fourth-order valence-electron chi connectivity index (χ4n) is 2.42. The highest BCUT2D eigenvalue weighted by Crippen LogP contribution is 2.42. The van der Waals surface area contributed by atoms with Crippen molar-refractivity contribution < 1.29 is 23.2 Å². The van der Waals surface area contributed by atoms with Crippen molar-refractivity contribution in [2.75, 3.05) is 0 Å². The maximum atomic E-state index is 11.7. The summed E-state index contributed by atoms with van der Waals surface area (Å²) in [7, 11) is -4.65. The molecule has 0 heterocycles. The van der Waals surface area contributed by atoms with Crippen molar-refractivity contribution in [3.63, 3.8) is 0 Å². The Morgan fingerprint density at radius 2 is 1.68 bits per heavy atom. The van der Waals surface area contributed by atoms with Crippen LogP contribution in [0.4, 0.5) is 11.4 Å². The van der Waals surface area contributed by atoms with Crippen LogP contribution in [-0.2, 0) is 10.1 Å². The molecule has 0 aliphatic carbocycles. The van der Waals surface area contributed by atoms with Gasteiger partial charge in [-0.1, -0.05) is 35.9 Å². The number of phenolic OH excluding ortho intramolecular Hbond substituents is 2. The van der Waals surface area contributed by atoms with Gasteiger partial charge in [-0.15, -0.1) is 10.2 Å². The molecule has 3 aromatic carbocycles. The molecular weight excluding hydrogens is 344 g/mol. The zero-order chi connectivity index (χ0) is 18.2. The highest BCUT2D eigenvalue weighted by molar-refractivity contribution is 7.86. The molecule has 7 nitrogen and oxygen atoms in total. The van der Waals surface area contributed by atoms with Gasteiger partial charge in [0.1, 0.15) is 22.0 Å². The molecule has 0 atom stereocenters. The number of phenols is 2. The molecular formula is C17H14N2O5S. The van der Waals surface area contributed by atoms with Gasteiger partial charge in [0.15, 0.2) is 5.75 Å². The predicted octanol–water partition coefficient (Wildman–Crippen LogP) is 4.22. The van der Waals surface area contributed by atoms with E-state index in [1.54, 1.807) is 30.3 Å². The van der Waals surface area contributed by atoms with E-state index in [-0.39, 0.29) is 11.4 Å². The molecule has 8 heteroatoms. The van der Waals surface area contributed by atoms with Gasteiger partial charge in [0.25, 0.3) is 10.1 Å². The summed E-state index contributed by atoms with van der Waals surface area (Å²) in [5.74, 6) is -0.583. The van der Waals surface area contributed by atoms with Crippen LogP contribution in [0.3, 0.4) is 0 Å². The van der Waals surface area contributed by atoms with E-state index in [2.05, 4.69) is 10.2 Å². The van der Waals surface area contributed by atoms with E-state index in [4.69, 9.17) is 0 Å². The van der Waals surface area contributed by atoms with Crippen LogP contribution >= 0.6 is 0 Å². The average molecular weight is 358 g/mol. The largest absolute Gasteiger partial charge is 0.506 e. The second kappa shape index (κ2) is 6.15. The molecule has 0 bridgehead atoms. The van der Waals surface area contributed by atoms with Gasteiger partial charge in [0.2, 0.25) is 0 Å². The third kappa shape index (κ3) is 3.30. The quantitative estimate of drug-likeness (QED) is 0.478. The summed E-state index contributed by atoms with van der Waals surface area (Å²) in [5, 5.41) is 28.5. The molecule has 0 radical (unpaired) electrons. The van der Waals surface area contributed by atoms with E-state index in [9.17, 15) is 23.2 Å². The normalized spacial score (nSPS) is 12.1. The number of aryl methyl sites for hydroxylation is 1. The first-order chi connectivity index (χ1) is 11.8. The number of aromatic hydroxyl groups is 2. The lowest BCUT2D eigenvalue weighted by Crippen LogP contribution is -1.99. The molecule has 0 aliphatic rings. The number of azo groups is 1. The number of hydrogen-bond acceptors (Lipinski definition) is 6. The number of para-hydroxylation sites is 1. The SMILES string of the molecule is Cc1ccc2c(O)c(N=Nc3ccccc3O)c(S(=O)(=O)O)cc2c1. The molecule has 0 amide bonds. The molecule has 3 rings (SSSR count). The van der Waals surface area contributed by atoms with Crippen molar-refractivity contribution in [1.82, 2.24) is 0 Å². The minimum atomic E-state index is -4.65. The highest BCUT2D eigenvalue weighted by atomic mass is 32.2. The zero-order valence-corrected chi connectivity index (χ0v) is 13.9. The Bertz CT molecular complexity index is 1110. The Labute approximate surface area is 143 Å². The van der Waals surface area contributed by atoms with Crippen molar-refractivity contribution in [2.45, 2.75) is 11.8 Å². The standard InChI is InChI=1S/C17H14N2O5S/c1-10-6-7-12-11(8-10)9-15(25(22,23)24)16(17(12)21)19-18-13-4-2-3-5-14(13)20/h2-9,20-21H,1H3,(H,22,23,24). The first-order valence-electron chi connectivity index (χ1n) is 7.21. The van der Waals surface area contributed by atoms with Crippen molar-refractivity contribution in [3.05, 3.63) is 54.1 Å². The molecule has 3 N–H and O–H groups in total. The van der Waals surface area contributed by atoms with Crippen LogP contribution in [0, 0.1) is 6.92 Å². The van der Waals surface area contributed by atoms with E-state index >= 15 is 0 Å². The van der Waals surface area contributed by atoms with Crippen LogP contribution in [0.15, 0.2) is 63.7 Å². The van der Waals surface area contributed by atoms with Crippen LogP contribution in [0.1, 0.15) is 5.56 Å². The minimum Gasteiger partial charge on any atom is -0.506 e. The zero-order valence-electron chi connectivity index (χ0n) is 13.1. The molecule has 0 fully saturated rings. The molecule has 0 saturated carbocycles. The maximum absolute atomic E-state index is 11.7. The van der Waals surface area contributed by atoms with Gasteiger partial charge < -0.3 is 10.2 Å². The molecule has 0 aliphatic heterocycles. The van der Waals surface area contributed by atoms with E-state index in [1.165, 1.54) is 18.2 Å². The second-order valence-electron chi connectivity index (χ2n) is 5.46. The van der Waals surface area contributed by atoms with Crippen LogP contribution in [0.2, 0.25) is 0 Å².